The summed E-state index contributed by atoms with van der Waals surface area (Å²) >= 11 is 0. The highest BCUT2D eigenvalue weighted by Gasteiger charge is 2.46. The third-order valence-electron chi connectivity index (χ3n) is 15.2. The molecule has 0 saturated carbocycles. The minimum Gasteiger partial charge on any atom is -0.454 e. The first-order chi connectivity index (χ1) is 34.7. The summed E-state index contributed by atoms with van der Waals surface area (Å²) in [5.41, 5.74) is 20.5. The van der Waals surface area contributed by atoms with Gasteiger partial charge in [-0.1, -0.05) is 188 Å². The number of aromatic nitrogens is 2. The molecule has 0 spiro atoms. The minimum atomic E-state index is -0.503. The van der Waals surface area contributed by atoms with E-state index in [1.54, 1.807) is 0 Å². The monoisotopic (exact) mass is 890 g/mol. The van der Waals surface area contributed by atoms with Crippen LogP contribution in [0.2, 0.25) is 0 Å². The lowest BCUT2D eigenvalue weighted by Crippen LogP contribution is -2.28. The molecule has 14 aromatic rings. The molecule has 326 valence electrons. The van der Waals surface area contributed by atoms with Gasteiger partial charge in [-0.3, -0.25) is 0 Å². The van der Waals surface area contributed by atoms with Gasteiger partial charge in [0.25, 0.3) is 0 Å². The summed E-state index contributed by atoms with van der Waals surface area (Å²) < 4.78 is 11.5. The lowest BCUT2D eigenvalue weighted by molar-refractivity contribution is 0.666. The van der Waals surface area contributed by atoms with Crippen molar-refractivity contribution in [2.75, 3.05) is 0 Å². The van der Waals surface area contributed by atoms with Crippen LogP contribution in [0.5, 0.6) is 0 Å². The Morgan fingerprint density at radius 2 is 0.814 bits per heavy atom. The van der Waals surface area contributed by atoms with Crippen LogP contribution in [0.25, 0.3) is 110 Å². The molecule has 0 N–H and O–H groups in total. The fourth-order valence-corrected chi connectivity index (χ4v) is 12.2. The third kappa shape index (κ3) is 5.46. The number of rotatable bonds is 6. The van der Waals surface area contributed by atoms with Gasteiger partial charge in [0.1, 0.15) is 5.58 Å². The molecular formula is C67H42N2O. The van der Waals surface area contributed by atoms with Crippen LogP contribution in [0.3, 0.4) is 0 Å². The van der Waals surface area contributed by atoms with Crippen LogP contribution < -0.4 is 0 Å². The second-order valence-electron chi connectivity index (χ2n) is 18.8. The van der Waals surface area contributed by atoms with Crippen molar-refractivity contribution in [1.29, 1.82) is 0 Å². The molecule has 3 heterocycles. The molecule has 0 fully saturated rings. The Kier molecular flexibility index (Phi) is 8.28. The fourth-order valence-electron chi connectivity index (χ4n) is 12.2. The first kappa shape index (κ1) is 38.9. The predicted octanol–water partition coefficient (Wildman–Crippen LogP) is 17.5. The van der Waals surface area contributed by atoms with Crippen molar-refractivity contribution in [2.45, 2.75) is 5.41 Å². The van der Waals surface area contributed by atoms with Gasteiger partial charge >= 0.3 is 0 Å². The van der Waals surface area contributed by atoms with Gasteiger partial charge in [0, 0.05) is 38.0 Å². The van der Waals surface area contributed by atoms with Gasteiger partial charge in [0.2, 0.25) is 0 Å². The van der Waals surface area contributed by atoms with Crippen LogP contribution >= 0.6 is 0 Å². The molecule has 70 heavy (non-hydrogen) atoms. The van der Waals surface area contributed by atoms with E-state index in [0.29, 0.717) is 0 Å². The molecule has 0 unspecified atom stereocenters. The predicted molar refractivity (Wildman–Crippen MR) is 291 cm³/mol. The Morgan fingerprint density at radius 3 is 1.51 bits per heavy atom. The van der Waals surface area contributed by atoms with E-state index in [-0.39, 0.29) is 0 Å². The van der Waals surface area contributed by atoms with E-state index in [4.69, 9.17) is 4.42 Å². The lowest BCUT2D eigenvalue weighted by atomic mass is 9.67. The van der Waals surface area contributed by atoms with Crippen molar-refractivity contribution >= 4 is 65.6 Å². The standard InChI is InChI=1S/C67H42N2O/c1-4-17-43(18-5-1)44-31-36-61-56(39-44)57-41-46(45-33-38-63-55(40-45)52-24-11-14-28-60(52)69(63)64-29-16-26-54-53-25-12-15-30-65(53)70-66(54)64)32-37-62(57)68(61)49-34-35-51-50-23-10-13-27-58(50)67(59(51)42-49,47-19-6-2-7-20-47)48-21-8-3-9-22-48/h1-42H. The van der Waals surface area contributed by atoms with Crippen LogP contribution in [0.15, 0.2) is 259 Å². The molecule has 0 radical (unpaired) electrons. The molecule has 1 aliphatic carbocycles. The number of para-hydroxylation sites is 3. The lowest BCUT2D eigenvalue weighted by Gasteiger charge is -2.34. The van der Waals surface area contributed by atoms with Crippen LogP contribution in [0.4, 0.5) is 0 Å². The Labute approximate surface area is 404 Å². The normalized spacial score (nSPS) is 13.0. The number of nitrogens with zero attached hydrogens (tertiary/aromatic N) is 2. The molecule has 0 atom stereocenters. The molecule has 0 amide bonds. The van der Waals surface area contributed by atoms with Crippen molar-refractivity contribution in [2.24, 2.45) is 0 Å². The van der Waals surface area contributed by atoms with Crippen molar-refractivity contribution in [3.8, 4) is 44.8 Å². The first-order valence-electron chi connectivity index (χ1n) is 24.2. The Bertz CT molecular complexity index is 4360. The van der Waals surface area contributed by atoms with Gasteiger partial charge in [-0.2, -0.15) is 0 Å². The SMILES string of the molecule is c1ccc(-c2ccc3c(c2)c2cc(-c4ccc5c(c4)c4ccccc4n5-c4cccc5c4oc4ccccc45)ccc2n3-c2ccc3c(c2)C(c2ccccc2)(c2ccccc2)c2ccccc2-3)cc1. The molecule has 0 saturated heterocycles. The van der Waals surface area contributed by atoms with Crippen LogP contribution in [-0.4, -0.2) is 9.13 Å². The van der Waals surface area contributed by atoms with E-state index in [1.165, 1.54) is 88.2 Å². The molecule has 0 bridgehead atoms. The van der Waals surface area contributed by atoms with Gasteiger partial charge in [-0.05, 0) is 122 Å². The quantitative estimate of drug-likeness (QED) is 0.163. The second kappa shape index (κ2) is 14.9. The molecule has 11 aromatic carbocycles. The molecule has 3 nitrogen and oxygen atoms in total. The summed E-state index contributed by atoms with van der Waals surface area (Å²) in [6.45, 7) is 0. The maximum atomic E-state index is 6.61. The molecule has 15 rings (SSSR count). The Morgan fingerprint density at radius 1 is 0.300 bits per heavy atom. The van der Waals surface area contributed by atoms with E-state index >= 15 is 0 Å². The summed E-state index contributed by atoms with van der Waals surface area (Å²) in [5.74, 6) is 0. The van der Waals surface area contributed by atoms with Gasteiger partial charge in [0.15, 0.2) is 5.58 Å². The van der Waals surface area contributed by atoms with Crippen molar-refractivity contribution in [1.82, 2.24) is 9.13 Å². The highest BCUT2D eigenvalue weighted by Crippen LogP contribution is 2.57. The van der Waals surface area contributed by atoms with Crippen molar-refractivity contribution in [3.63, 3.8) is 0 Å². The molecule has 0 aliphatic heterocycles. The number of fused-ring (bicyclic) bond motifs is 12. The van der Waals surface area contributed by atoms with Gasteiger partial charge in [-0.15, -0.1) is 0 Å². The second-order valence-corrected chi connectivity index (χ2v) is 18.8. The highest BCUT2D eigenvalue weighted by molar-refractivity contribution is 6.15. The summed E-state index contributed by atoms with van der Waals surface area (Å²) in [7, 11) is 0. The van der Waals surface area contributed by atoms with E-state index in [0.717, 1.165) is 44.3 Å². The van der Waals surface area contributed by atoms with E-state index < -0.39 is 5.41 Å². The summed E-state index contributed by atoms with van der Waals surface area (Å²) in [4.78, 5) is 0. The number of furan rings is 1. The Balaban J connectivity index is 0.945. The van der Waals surface area contributed by atoms with E-state index in [9.17, 15) is 0 Å². The number of hydrogen-bond donors (Lipinski definition) is 0. The smallest absolute Gasteiger partial charge is 0.159 e. The molecule has 3 aromatic heterocycles. The fraction of sp³-hybridized carbons (Fsp3) is 0.0149. The number of hydrogen-bond acceptors (Lipinski definition) is 1. The zero-order chi connectivity index (χ0) is 45.9. The largest absolute Gasteiger partial charge is 0.454 e. The van der Waals surface area contributed by atoms with Crippen LogP contribution in [-0.2, 0) is 5.41 Å². The van der Waals surface area contributed by atoms with Crippen LogP contribution in [0.1, 0.15) is 22.3 Å². The zero-order valence-corrected chi connectivity index (χ0v) is 38.1. The minimum absolute atomic E-state index is 0.503. The topological polar surface area (TPSA) is 23.0 Å². The molecule has 3 heteroatoms. The summed E-state index contributed by atoms with van der Waals surface area (Å²) in [6.07, 6.45) is 0. The average Bonchev–Trinajstić information content (AvgIpc) is 4.16. The van der Waals surface area contributed by atoms with E-state index in [1.807, 2.05) is 6.07 Å². The Hall–Kier alpha value is -9.18. The van der Waals surface area contributed by atoms with Gasteiger partial charge in [0.05, 0.1) is 33.2 Å². The molecular weight excluding hydrogens is 849 g/mol. The van der Waals surface area contributed by atoms with Gasteiger partial charge < -0.3 is 13.6 Å². The third-order valence-corrected chi connectivity index (χ3v) is 15.2. The van der Waals surface area contributed by atoms with Crippen LogP contribution in [0, 0.1) is 0 Å². The van der Waals surface area contributed by atoms with Crippen molar-refractivity contribution in [3.05, 3.63) is 277 Å². The number of benzene rings is 11. The van der Waals surface area contributed by atoms with Gasteiger partial charge in [-0.25, -0.2) is 0 Å². The van der Waals surface area contributed by atoms with Crippen molar-refractivity contribution < 1.29 is 4.42 Å². The average molecular weight is 891 g/mol. The highest BCUT2D eigenvalue weighted by atomic mass is 16.3. The molecule has 1 aliphatic rings. The summed E-state index contributed by atoms with van der Waals surface area (Å²) in [6, 6.07) is 93.7. The van der Waals surface area contributed by atoms with E-state index in [2.05, 4.69) is 258 Å². The summed E-state index contributed by atoms with van der Waals surface area (Å²) in [5, 5.41) is 7.09. The maximum absolute atomic E-state index is 6.61. The first-order valence-corrected chi connectivity index (χ1v) is 24.2. The zero-order valence-electron chi connectivity index (χ0n) is 38.1. The maximum Gasteiger partial charge on any atom is 0.159 e.